The van der Waals surface area contributed by atoms with Crippen molar-refractivity contribution in [1.82, 2.24) is 15.1 Å². The molecule has 0 unspecified atom stereocenters. The number of likely N-dealkylation sites (N-methyl/N-ethyl adjacent to an activating group) is 1. The van der Waals surface area contributed by atoms with Gasteiger partial charge < -0.3 is 19.9 Å². The van der Waals surface area contributed by atoms with Gasteiger partial charge in [0.2, 0.25) is 5.91 Å². The summed E-state index contributed by atoms with van der Waals surface area (Å²) < 4.78 is 5.08. The Morgan fingerprint density at radius 2 is 1.64 bits per heavy atom. The first kappa shape index (κ1) is 18.3. The molecule has 0 saturated carbocycles. The molecule has 1 aliphatic heterocycles. The molecule has 1 saturated heterocycles. The van der Waals surface area contributed by atoms with E-state index in [9.17, 15) is 9.59 Å². The number of benzene rings is 1. The predicted octanol–water partition coefficient (Wildman–Crippen LogP) is 0.621. The first-order valence-electron chi connectivity index (χ1n) is 7.01. The molecule has 1 heterocycles. The van der Waals surface area contributed by atoms with Crippen molar-refractivity contribution in [2.45, 2.75) is 0 Å². The van der Waals surface area contributed by atoms with Crippen LogP contribution in [-0.4, -0.2) is 68.5 Å². The number of methoxy groups -OCH3 is 1. The standard InChI is InChI=1S/C15H21N3O3.ClH/c1-16-11-14(19)17-7-9-18(10-8-17)15(20)12-3-5-13(21-2)6-4-12;/h3-6,16H,7-11H2,1-2H3;1H. The van der Waals surface area contributed by atoms with Crippen LogP contribution in [0, 0.1) is 0 Å². The Balaban J connectivity index is 0.00000242. The molecule has 22 heavy (non-hydrogen) atoms. The summed E-state index contributed by atoms with van der Waals surface area (Å²) in [6.07, 6.45) is 0. The van der Waals surface area contributed by atoms with E-state index in [0.29, 0.717) is 38.3 Å². The summed E-state index contributed by atoms with van der Waals surface area (Å²) >= 11 is 0. The van der Waals surface area contributed by atoms with E-state index in [1.807, 2.05) is 0 Å². The Morgan fingerprint density at radius 3 is 2.14 bits per heavy atom. The number of nitrogens with one attached hydrogen (secondary N) is 1. The highest BCUT2D eigenvalue weighted by Crippen LogP contribution is 2.14. The minimum absolute atomic E-state index is 0. The maximum atomic E-state index is 12.4. The molecule has 1 N–H and O–H groups in total. The van der Waals surface area contributed by atoms with Crippen molar-refractivity contribution < 1.29 is 14.3 Å². The summed E-state index contributed by atoms with van der Waals surface area (Å²) in [5, 5.41) is 2.85. The van der Waals surface area contributed by atoms with Gasteiger partial charge in [0.25, 0.3) is 5.91 Å². The van der Waals surface area contributed by atoms with Gasteiger partial charge >= 0.3 is 0 Å². The highest BCUT2D eigenvalue weighted by Gasteiger charge is 2.24. The molecule has 6 nitrogen and oxygen atoms in total. The van der Waals surface area contributed by atoms with E-state index < -0.39 is 0 Å². The number of hydrogen-bond acceptors (Lipinski definition) is 4. The van der Waals surface area contributed by atoms with Gasteiger partial charge in [-0.3, -0.25) is 9.59 Å². The number of piperazine rings is 1. The van der Waals surface area contributed by atoms with Crippen LogP contribution < -0.4 is 10.1 Å². The van der Waals surface area contributed by atoms with Gasteiger partial charge in [-0.05, 0) is 31.3 Å². The maximum absolute atomic E-state index is 12.4. The summed E-state index contributed by atoms with van der Waals surface area (Å²) in [5.41, 5.74) is 0.644. The summed E-state index contributed by atoms with van der Waals surface area (Å²) in [4.78, 5) is 27.7. The normalized spacial score (nSPS) is 14.3. The van der Waals surface area contributed by atoms with Gasteiger partial charge in [0.15, 0.2) is 0 Å². The fourth-order valence-corrected chi connectivity index (χ4v) is 2.34. The molecule has 0 bridgehead atoms. The van der Waals surface area contributed by atoms with Gasteiger partial charge in [0, 0.05) is 31.7 Å². The second kappa shape index (κ2) is 8.60. The van der Waals surface area contributed by atoms with Gasteiger partial charge in [0.05, 0.1) is 13.7 Å². The first-order valence-corrected chi connectivity index (χ1v) is 7.01. The molecule has 2 rings (SSSR count). The Hall–Kier alpha value is -1.79. The second-order valence-electron chi connectivity index (χ2n) is 4.93. The summed E-state index contributed by atoms with van der Waals surface area (Å²) in [6, 6.07) is 7.08. The van der Waals surface area contributed by atoms with Gasteiger partial charge in [0.1, 0.15) is 5.75 Å². The van der Waals surface area contributed by atoms with Crippen molar-refractivity contribution in [3.63, 3.8) is 0 Å². The average Bonchev–Trinajstić information content (AvgIpc) is 2.54. The van der Waals surface area contributed by atoms with E-state index in [-0.39, 0.29) is 24.2 Å². The molecular weight excluding hydrogens is 306 g/mol. The van der Waals surface area contributed by atoms with Crippen molar-refractivity contribution in [3.8, 4) is 5.75 Å². The van der Waals surface area contributed by atoms with Crippen molar-refractivity contribution in [2.75, 3.05) is 46.9 Å². The summed E-state index contributed by atoms with van der Waals surface area (Å²) in [7, 11) is 3.35. The van der Waals surface area contributed by atoms with Gasteiger partial charge in [-0.2, -0.15) is 0 Å². The maximum Gasteiger partial charge on any atom is 0.253 e. The van der Waals surface area contributed by atoms with E-state index >= 15 is 0 Å². The zero-order valence-electron chi connectivity index (χ0n) is 12.9. The number of amides is 2. The number of nitrogens with zero attached hydrogens (tertiary/aromatic N) is 2. The van der Waals surface area contributed by atoms with E-state index in [2.05, 4.69) is 5.32 Å². The lowest BCUT2D eigenvalue weighted by atomic mass is 10.1. The molecule has 7 heteroatoms. The highest BCUT2D eigenvalue weighted by molar-refractivity contribution is 5.94. The number of rotatable bonds is 4. The van der Waals surface area contributed by atoms with Crippen LogP contribution in [0.3, 0.4) is 0 Å². The lowest BCUT2D eigenvalue weighted by molar-refractivity contribution is -0.131. The second-order valence-corrected chi connectivity index (χ2v) is 4.93. The third-order valence-corrected chi connectivity index (χ3v) is 3.58. The smallest absolute Gasteiger partial charge is 0.253 e. The molecule has 1 aromatic rings. The minimum atomic E-state index is -0.00151. The third kappa shape index (κ3) is 4.35. The topological polar surface area (TPSA) is 61.9 Å². The fourth-order valence-electron chi connectivity index (χ4n) is 2.34. The zero-order valence-corrected chi connectivity index (χ0v) is 13.7. The average molecular weight is 328 g/mol. The Bertz CT molecular complexity index is 499. The molecule has 0 spiro atoms. The Labute approximate surface area is 136 Å². The monoisotopic (exact) mass is 327 g/mol. The predicted molar refractivity (Wildman–Crippen MR) is 86.7 cm³/mol. The van der Waals surface area contributed by atoms with Crippen LogP contribution in [0.4, 0.5) is 0 Å². The number of carbonyl (C=O) groups excluding carboxylic acids is 2. The van der Waals surface area contributed by atoms with Crippen LogP contribution in [0.1, 0.15) is 10.4 Å². The van der Waals surface area contributed by atoms with E-state index in [1.54, 1.807) is 48.2 Å². The van der Waals surface area contributed by atoms with Crippen LogP contribution in [0.5, 0.6) is 5.75 Å². The molecule has 0 aromatic heterocycles. The number of carbonyl (C=O) groups is 2. The van der Waals surface area contributed by atoms with Crippen LogP contribution in [0.2, 0.25) is 0 Å². The van der Waals surface area contributed by atoms with E-state index in [1.165, 1.54) is 0 Å². The quantitative estimate of drug-likeness (QED) is 0.880. The van der Waals surface area contributed by atoms with Crippen molar-refractivity contribution in [2.24, 2.45) is 0 Å². The fraction of sp³-hybridized carbons (Fsp3) is 0.467. The largest absolute Gasteiger partial charge is 0.497 e. The highest BCUT2D eigenvalue weighted by atomic mass is 35.5. The number of ether oxygens (including phenoxy) is 1. The van der Waals surface area contributed by atoms with Crippen LogP contribution >= 0.6 is 12.4 Å². The molecule has 0 radical (unpaired) electrons. The molecule has 1 aliphatic rings. The summed E-state index contributed by atoms with van der Waals surface area (Å²) in [6.45, 7) is 2.65. The summed E-state index contributed by atoms with van der Waals surface area (Å²) in [5.74, 6) is 0.807. The zero-order chi connectivity index (χ0) is 15.2. The molecule has 1 fully saturated rings. The van der Waals surface area contributed by atoms with Crippen molar-refractivity contribution in [3.05, 3.63) is 29.8 Å². The van der Waals surface area contributed by atoms with Crippen molar-refractivity contribution in [1.29, 1.82) is 0 Å². The SMILES string of the molecule is CNCC(=O)N1CCN(C(=O)c2ccc(OC)cc2)CC1.Cl. The molecule has 0 atom stereocenters. The molecule has 1 aromatic carbocycles. The Kier molecular flexibility index (Phi) is 7.14. The van der Waals surface area contributed by atoms with E-state index in [0.717, 1.165) is 5.75 Å². The number of hydrogen-bond donors (Lipinski definition) is 1. The lowest BCUT2D eigenvalue weighted by Gasteiger charge is -2.34. The van der Waals surface area contributed by atoms with Crippen LogP contribution in [0.25, 0.3) is 0 Å². The van der Waals surface area contributed by atoms with Crippen LogP contribution in [0.15, 0.2) is 24.3 Å². The number of halogens is 1. The van der Waals surface area contributed by atoms with Crippen LogP contribution in [-0.2, 0) is 4.79 Å². The lowest BCUT2D eigenvalue weighted by Crippen LogP contribution is -2.52. The molecule has 0 aliphatic carbocycles. The van der Waals surface area contributed by atoms with E-state index in [4.69, 9.17) is 4.74 Å². The van der Waals surface area contributed by atoms with Gasteiger partial charge in [-0.15, -0.1) is 12.4 Å². The first-order chi connectivity index (χ1) is 10.2. The molecule has 2 amide bonds. The Morgan fingerprint density at radius 1 is 1.09 bits per heavy atom. The molecule has 122 valence electrons. The van der Waals surface area contributed by atoms with Gasteiger partial charge in [-0.25, -0.2) is 0 Å². The van der Waals surface area contributed by atoms with Crippen molar-refractivity contribution >= 4 is 24.2 Å². The van der Waals surface area contributed by atoms with Gasteiger partial charge in [-0.1, -0.05) is 0 Å². The molecular formula is C15H22ClN3O3. The third-order valence-electron chi connectivity index (χ3n) is 3.58. The minimum Gasteiger partial charge on any atom is -0.497 e.